The molecule has 1 unspecified atom stereocenters. The molecule has 110 valence electrons. The zero-order chi connectivity index (χ0) is 14.7. The van der Waals surface area contributed by atoms with Gasteiger partial charge in [-0.05, 0) is 30.2 Å². The number of rotatable bonds is 3. The molecule has 1 heterocycles. The monoisotopic (exact) mass is 342 g/mol. The van der Waals surface area contributed by atoms with Crippen molar-refractivity contribution in [2.24, 2.45) is 5.92 Å². The molecule has 1 amide bonds. The summed E-state index contributed by atoms with van der Waals surface area (Å²) in [5.41, 5.74) is 1.01. The molecule has 0 N–H and O–H groups in total. The van der Waals surface area contributed by atoms with E-state index in [1.807, 2.05) is 18.7 Å². The van der Waals surface area contributed by atoms with Crippen LogP contribution in [0.5, 0.6) is 0 Å². The van der Waals surface area contributed by atoms with E-state index in [-0.39, 0.29) is 22.5 Å². The standard InChI is InChI=1S/C15H20BrFN2O/c1-11(2)14(16)15(20)19-9-7-18(8-10-19)13-5-3-12(17)4-6-13/h3-6,11,14H,7-10H2,1-2H3. The molecule has 1 saturated heterocycles. The minimum absolute atomic E-state index is 0.111. The normalized spacial score (nSPS) is 17.4. The summed E-state index contributed by atoms with van der Waals surface area (Å²) < 4.78 is 12.9. The second-order valence-electron chi connectivity index (χ2n) is 5.43. The van der Waals surface area contributed by atoms with E-state index in [1.165, 1.54) is 12.1 Å². The van der Waals surface area contributed by atoms with Crippen molar-refractivity contribution in [2.75, 3.05) is 31.1 Å². The first-order valence-corrected chi connectivity index (χ1v) is 7.84. The van der Waals surface area contributed by atoms with Gasteiger partial charge >= 0.3 is 0 Å². The van der Waals surface area contributed by atoms with Crippen LogP contribution in [0, 0.1) is 11.7 Å². The Hall–Kier alpha value is -1.10. The number of anilines is 1. The lowest BCUT2D eigenvalue weighted by atomic mass is 10.1. The summed E-state index contributed by atoms with van der Waals surface area (Å²) in [4.78, 5) is 16.2. The Morgan fingerprint density at radius 2 is 1.70 bits per heavy atom. The average molecular weight is 343 g/mol. The van der Waals surface area contributed by atoms with Crippen LogP contribution in [-0.2, 0) is 4.79 Å². The van der Waals surface area contributed by atoms with Crippen LogP contribution < -0.4 is 4.90 Å². The zero-order valence-electron chi connectivity index (χ0n) is 11.9. The third kappa shape index (κ3) is 3.51. The molecule has 0 radical (unpaired) electrons. The zero-order valence-corrected chi connectivity index (χ0v) is 13.4. The number of halogens is 2. The first-order chi connectivity index (χ1) is 9.49. The van der Waals surface area contributed by atoms with E-state index in [1.54, 1.807) is 12.1 Å². The molecule has 1 aliphatic heterocycles. The highest BCUT2D eigenvalue weighted by Crippen LogP contribution is 2.20. The van der Waals surface area contributed by atoms with E-state index < -0.39 is 0 Å². The Kier molecular flexibility index (Phi) is 5.02. The predicted molar refractivity (Wildman–Crippen MR) is 82.7 cm³/mol. The van der Waals surface area contributed by atoms with Gasteiger partial charge in [0.1, 0.15) is 5.82 Å². The first kappa shape index (κ1) is 15.3. The third-order valence-corrected chi connectivity index (χ3v) is 5.05. The van der Waals surface area contributed by atoms with Crippen LogP contribution in [-0.4, -0.2) is 41.8 Å². The van der Waals surface area contributed by atoms with Gasteiger partial charge in [-0.2, -0.15) is 0 Å². The van der Waals surface area contributed by atoms with Gasteiger partial charge in [-0.25, -0.2) is 4.39 Å². The topological polar surface area (TPSA) is 23.6 Å². The number of alkyl halides is 1. The van der Waals surface area contributed by atoms with Crippen molar-refractivity contribution >= 4 is 27.5 Å². The molecule has 0 spiro atoms. The summed E-state index contributed by atoms with van der Waals surface area (Å²) in [6, 6.07) is 6.52. The second kappa shape index (κ2) is 6.57. The number of amides is 1. The fourth-order valence-electron chi connectivity index (χ4n) is 2.30. The summed E-state index contributed by atoms with van der Waals surface area (Å²) in [7, 11) is 0. The molecular weight excluding hydrogens is 323 g/mol. The second-order valence-corrected chi connectivity index (χ2v) is 6.42. The SMILES string of the molecule is CC(C)C(Br)C(=O)N1CCN(c2ccc(F)cc2)CC1. The maximum absolute atomic E-state index is 12.9. The highest BCUT2D eigenvalue weighted by atomic mass is 79.9. The van der Waals surface area contributed by atoms with E-state index in [2.05, 4.69) is 20.8 Å². The molecule has 20 heavy (non-hydrogen) atoms. The molecule has 0 aromatic heterocycles. The van der Waals surface area contributed by atoms with Gasteiger partial charge in [0.15, 0.2) is 0 Å². The van der Waals surface area contributed by atoms with Crippen LogP contribution in [0.3, 0.4) is 0 Å². The van der Waals surface area contributed by atoms with Crippen molar-refractivity contribution in [1.82, 2.24) is 4.90 Å². The Labute approximate surface area is 127 Å². The molecule has 1 aromatic rings. The quantitative estimate of drug-likeness (QED) is 0.788. The first-order valence-electron chi connectivity index (χ1n) is 6.92. The summed E-state index contributed by atoms with van der Waals surface area (Å²) in [6.45, 7) is 7.07. The van der Waals surface area contributed by atoms with Crippen molar-refractivity contribution in [2.45, 2.75) is 18.7 Å². The lowest BCUT2D eigenvalue weighted by Crippen LogP contribution is -2.51. The van der Waals surface area contributed by atoms with Gasteiger partial charge in [-0.1, -0.05) is 29.8 Å². The minimum Gasteiger partial charge on any atom is -0.368 e. The maximum atomic E-state index is 12.9. The van der Waals surface area contributed by atoms with E-state index in [4.69, 9.17) is 0 Å². The van der Waals surface area contributed by atoms with Crippen LogP contribution in [0.2, 0.25) is 0 Å². The minimum atomic E-state index is -0.221. The third-order valence-electron chi connectivity index (χ3n) is 3.60. The molecule has 3 nitrogen and oxygen atoms in total. The number of piperazine rings is 1. The van der Waals surface area contributed by atoms with Crippen molar-refractivity contribution in [3.05, 3.63) is 30.1 Å². The summed E-state index contributed by atoms with van der Waals surface area (Å²) in [5.74, 6) is 0.234. The Balaban J connectivity index is 1.92. The molecule has 0 saturated carbocycles. The number of benzene rings is 1. The molecular formula is C15H20BrFN2O. The van der Waals surface area contributed by atoms with Crippen molar-refractivity contribution in [3.63, 3.8) is 0 Å². The Bertz CT molecular complexity index is 455. The summed E-state index contributed by atoms with van der Waals surface area (Å²) >= 11 is 3.46. The van der Waals surface area contributed by atoms with Gasteiger partial charge in [-0.15, -0.1) is 0 Å². The van der Waals surface area contributed by atoms with E-state index >= 15 is 0 Å². The van der Waals surface area contributed by atoms with Gasteiger partial charge < -0.3 is 9.80 Å². The van der Waals surface area contributed by atoms with E-state index in [0.717, 1.165) is 18.8 Å². The molecule has 1 atom stereocenters. The molecule has 1 aromatic carbocycles. The van der Waals surface area contributed by atoms with Crippen LogP contribution >= 0.6 is 15.9 Å². The van der Waals surface area contributed by atoms with Gasteiger partial charge in [-0.3, -0.25) is 4.79 Å². The summed E-state index contributed by atoms with van der Waals surface area (Å²) in [5, 5.41) is 0. The van der Waals surface area contributed by atoms with Gasteiger partial charge in [0.05, 0.1) is 4.83 Å². The van der Waals surface area contributed by atoms with Crippen molar-refractivity contribution in [1.29, 1.82) is 0 Å². The number of carbonyl (C=O) groups excluding carboxylic acids is 1. The predicted octanol–water partition coefficient (Wildman–Crippen LogP) is 2.89. The highest BCUT2D eigenvalue weighted by Gasteiger charge is 2.27. The molecule has 2 rings (SSSR count). The van der Waals surface area contributed by atoms with Gasteiger partial charge in [0.2, 0.25) is 5.91 Å². The lowest BCUT2D eigenvalue weighted by Gasteiger charge is -2.37. The Morgan fingerprint density at radius 1 is 1.15 bits per heavy atom. The molecule has 1 aliphatic rings. The van der Waals surface area contributed by atoms with Crippen molar-refractivity contribution < 1.29 is 9.18 Å². The van der Waals surface area contributed by atoms with Crippen LogP contribution in [0.4, 0.5) is 10.1 Å². The average Bonchev–Trinajstić information content (AvgIpc) is 2.46. The van der Waals surface area contributed by atoms with Gasteiger partial charge in [0.25, 0.3) is 0 Å². The van der Waals surface area contributed by atoms with Crippen LogP contribution in [0.1, 0.15) is 13.8 Å². The van der Waals surface area contributed by atoms with E-state index in [9.17, 15) is 9.18 Å². The number of hydrogen-bond acceptors (Lipinski definition) is 2. The molecule has 1 fully saturated rings. The molecule has 0 bridgehead atoms. The van der Waals surface area contributed by atoms with Gasteiger partial charge in [0, 0.05) is 31.9 Å². The number of hydrogen-bond donors (Lipinski definition) is 0. The smallest absolute Gasteiger partial charge is 0.236 e. The largest absolute Gasteiger partial charge is 0.368 e. The molecule has 5 heteroatoms. The summed E-state index contributed by atoms with van der Waals surface area (Å²) in [6.07, 6.45) is 0. The van der Waals surface area contributed by atoms with E-state index in [0.29, 0.717) is 13.1 Å². The van der Waals surface area contributed by atoms with Crippen LogP contribution in [0.25, 0.3) is 0 Å². The fourth-order valence-corrected chi connectivity index (χ4v) is 2.59. The Morgan fingerprint density at radius 3 is 2.20 bits per heavy atom. The number of carbonyl (C=O) groups is 1. The van der Waals surface area contributed by atoms with Crippen LogP contribution in [0.15, 0.2) is 24.3 Å². The highest BCUT2D eigenvalue weighted by molar-refractivity contribution is 9.10. The van der Waals surface area contributed by atoms with Crippen molar-refractivity contribution in [3.8, 4) is 0 Å². The number of nitrogens with zero attached hydrogens (tertiary/aromatic N) is 2. The fraction of sp³-hybridized carbons (Fsp3) is 0.533. The molecule has 0 aliphatic carbocycles. The maximum Gasteiger partial charge on any atom is 0.236 e. The lowest BCUT2D eigenvalue weighted by molar-refractivity contribution is -0.131.